The Hall–Kier alpha value is -2.78. The van der Waals surface area contributed by atoms with Gasteiger partial charge in [-0.1, -0.05) is 49.6 Å². The van der Waals surface area contributed by atoms with Crippen molar-refractivity contribution in [2.45, 2.75) is 55.5 Å². The van der Waals surface area contributed by atoms with Crippen LogP contribution in [-0.2, 0) is 19.6 Å². The number of carbonyl (C=O) groups excluding carboxylic acids is 2. The summed E-state index contributed by atoms with van der Waals surface area (Å²) in [6, 6.07) is 13.5. The monoisotopic (exact) mass is 473 g/mol. The number of amides is 2. The van der Waals surface area contributed by atoms with E-state index in [4.69, 9.17) is 0 Å². The molecule has 1 saturated heterocycles. The summed E-state index contributed by atoms with van der Waals surface area (Å²) in [5.41, 5.74) is -1.67. The number of hydrogen-bond acceptors (Lipinski definition) is 4. The van der Waals surface area contributed by atoms with Gasteiger partial charge in [0.15, 0.2) is 0 Å². The second-order valence-corrected chi connectivity index (χ2v) is 10.8. The van der Waals surface area contributed by atoms with E-state index in [9.17, 15) is 22.4 Å². The zero-order valence-corrected chi connectivity index (χ0v) is 19.4. The number of para-hydroxylation sites is 1. The van der Waals surface area contributed by atoms with Crippen molar-refractivity contribution in [1.29, 1.82) is 0 Å². The van der Waals surface area contributed by atoms with Crippen molar-refractivity contribution in [3.05, 3.63) is 60.4 Å². The minimum absolute atomic E-state index is 0.0344. The van der Waals surface area contributed by atoms with Gasteiger partial charge in [-0.15, -0.1) is 0 Å². The third-order valence-electron chi connectivity index (χ3n) is 6.44. The van der Waals surface area contributed by atoms with E-state index < -0.39 is 39.7 Å². The SMILES string of the molecule is CC1(C(=O)NC2CCCCC2)CN(S(=O)(=O)c2ccccc2)CC(=O)N1c1ccccc1F. The Balaban J connectivity index is 1.73. The summed E-state index contributed by atoms with van der Waals surface area (Å²) in [7, 11) is -4.04. The van der Waals surface area contributed by atoms with Gasteiger partial charge in [0, 0.05) is 12.6 Å². The van der Waals surface area contributed by atoms with Gasteiger partial charge in [-0.3, -0.25) is 14.5 Å². The first kappa shape index (κ1) is 23.4. The predicted molar refractivity (Wildman–Crippen MR) is 123 cm³/mol. The molecule has 2 aromatic rings. The standard InChI is InChI=1S/C24H28FN3O4S/c1-24(23(30)26-18-10-4-2-5-11-18)17-27(33(31,32)19-12-6-3-7-13-19)16-22(29)28(24)21-15-9-8-14-20(21)25/h3,6-9,12-15,18H,2,4-5,10-11,16-17H2,1H3,(H,26,30). The molecule has 9 heteroatoms. The van der Waals surface area contributed by atoms with E-state index in [0.29, 0.717) is 0 Å². The number of sulfonamides is 1. The predicted octanol–water partition coefficient (Wildman–Crippen LogP) is 3.07. The highest BCUT2D eigenvalue weighted by Crippen LogP contribution is 2.34. The number of benzene rings is 2. The van der Waals surface area contributed by atoms with Gasteiger partial charge >= 0.3 is 0 Å². The normalized spacial score (nSPS) is 22.8. The van der Waals surface area contributed by atoms with Crippen molar-refractivity contribution >= 4 is 27.5 Å². The lowest BCUT2D eigenvalue weighted by atomic mass is 9.91. The molecule has 2 fully saturated rings. The molecule has 1 N–H and O–H groups in total. The van der Waals surface area contributed by atoms with E-state index in [0.717, 1.165) is 41.3 Å². The van der Waals surface area contributed by atoms with Gasteiger partial charge in [-0.2, -0.15) is 4.31 Å². The van der Waals surface area contributed by atoms with E-state index in [1.54, 1.807) is 24.3 Å². The molecule has 1 atom stereocenters. The average molecular weight is 474 g/mol. The second-order valence-electron chi connectivity index (χ2n) is 8.85. The van der Waals surface area contributed by atoms with E-state index in [1.165, 1.54) is 37.3 Å². The number of carbonyl (C=O) groups is 2. The van der Waals surface area contributed by atoms with Crippen LogP contribution >= 0.6 is 0 Å². The Morgan fingerprint density at radius 1 is 1.03 bits per heavy atom. The van der Waals surface area contributed by atoms with Gasteiger partial charge in [-0.05, 0) is 44.0 Å². The molecule has 2 aliphatic rings. The van der Waals surface area contributed by atoms with Crippen LogP contribution in [0.2, 0.25) is 0 Å². The van der Waals surface area contributed by atoms with E-state index in [1.807, 2.05) is 0 Å². The fourth-order valence-electron chi connectivity index (χ4n) is 4.67. The minimum atomic E-state index is -4.04. The van der Waals surface area contributed by atoms with Crippen molar-refractivity contribution < 1.29 is 22.4 Å². The first-order valence-corrected chi connectivity index (χ1v) is 12.6. The van der Waals surface area contributed by atoms with Crippen LogP contribution < -0.4 is 10.2 Å². The first-order valence-electron chi connectivity index (χ1n) is 11.2. The lowest BCUT2D eigenvalue weighted by Crippen LogP contribution is -2.71. The first-order chi connectivity index (χ1) is 15.7. The van der Waals surface area contributed by atoms with Crippen LogP contribution in [0.3, 0.4) is 0 Å². The molecule has 1 unspecified atom stereocenters. The maximum atomic E-state index is 14.8. The highest BCUT2D eigenvalue weighted by atomic mass is 32.2. The van der Waals surface area contributed by atoms with Crippen LogP contribution in [0, 0.1) is 5.82 Å². The molecule has 1 heterocycles. The van der Waals surface area contributed by atoms with Crippen LogP contribution in [-0.4, -0.2) is 49.2 Å². The molecular weight excluding hydrogens is 445 g/mol. The minimum Gasteiger partial charge on any atom is -0.351 e. The Kier molecular flexibility index (Phi) is 6.54. The molecule has 0 radical (unpaired) electrons. The zero-order chi connectivity index (χ0) is 23.6. The van der Waals surface area contributed by atoms with Crippen LogP contribution in [0.15, 0.2) is 59.5 Å². The summed E-state index contributed by atoms with van der Waals surface area (Å²) in [6.07, 6.45) is 4.73. The van der Waals surface area contributed by atoms with Gasteiger partial charge in [0.25, 0.3) is 0 Å². The topological polar surface area (TPSA) is 86.8 Å². The van der Waals surface area contributed by atoms with Crippen LogP contribution in [0.4, 0.5) is 10.1 Å². The molecule has 0 bridgehead atoms. The largest absolute Gasteiger partial charge is 0.351 e. The summed E-state index contributed by atoms with van der Waals surface area (Å²) < 4.78 is 42.4. The van der Waals surface area contributed by atoms with Crippen molar-refractivity contribution in [1.82, 2.24) is 9.62 Å². The summed E-state index contributed by atoms with van der Waals surface area (Å²) in [5.74, 6) is -1.80. The molecule has 2 aromatic carbocycles. The summed E-state index contributed by atoms with van der Waals surface area (Å²) in [5, 5.41) is 3.00. The van der Waals surface area contributed by atoms with Crippen molar-refractivity contribution in [3.63, 3.8) is 0 Å². The number of nitrogens with zero attached hydrogens (tertiary/aromatic N) is 2. The Labute approximate surface area is 193 Å². The Morgan fingerprint density at radius 2 is 1.67 bits per heavy atom. The highest BCUT2D eigenvalue weighted by Gasteiger charge is 2.52. The third-order valence-corrected chi connectivity index (χ3v) is 8.25. The molecule has 176 valence electrons. The molecule has 1 saturated carbocycles. The smallest absolute Gasteiger partial charge is 0.247 e. The summed E-state index contributed by atoms with van der Waals surface area (Å²) >= 11 is 0. The highest BCUT2D eigenvalue weighted by molar-refractivity contribution is 7.89. The molecule has 33 heavy (non-hydrogen) atoms. The average Bonchev–Trinajstić information content (AvgIpc) is 2.81. The number of piperazine rings is 1. The number of rotatable bonds is 5. The van der Waals surface area contributed by atoms with Crippen molar-refractivity contribution in [2.75, 3.05) is 18.0 Å². The van der Waals surface area contributed by atoms with Crippen molar-refractivity contribution in [2.24, 2.45) is 0 Å². The quantitative estimate of drug-likeness (QED) is 0.723. The van der Waals surface area contributed by atoms with Crippen molar-refractivity contribution in [3.8, 4) is 0 Å². The lowest BCUT2D eigenvalue weighted by molar-refractivity contribution is -0.133. The lowest BCUT2D eigenvalue weighted by Gasteiger charge is -2.47. The van der Waals surface area contributed by atoms with E-state index in [2.05, 4.69) is 5.32 Å². The Morgan fingerprint density at radius 3 is 2.33 bits per heavy atom. The van der Waals surface area contributed by atoms with Gasteiger partial charge in [0.2, 0.25) is 21.8 Å². The number of nitrogens with one attached hydrogen (secondary N) is 1. The Bertz CT molecular complexity index is 1140. The molecule has 1 aliphatic carbocycles. The fraction of sp³-hybridized carbons (Fsp3) is 0.417. The molecule has 7 nitrogen and oxygen atoms in total. The van der Waals surface area contributed by atoms with Gasteiger partial charge < -0.3 is 5.32 Å². The van der Waals surface area contributed by atoms with Gasteiger partial charge in [-0.25, -0.2) is 12.8 Å². The van der Waals surface area contributed by atoms with Crippen LogP contribution in [0.5, 0.6) is 0 Å². The van der Waals surface area contributed by atoms with Crippen LogP contribution in [0.25, 0.3) is 0 Å². The molecule has 4 rings (SSSR count). The maximum absolute atomic E-state index is 14.8. The van der Waals surface area contributed by atoms with Gasteiger partial charge in [0.05, 0.1) is 17.1 Å². The zero-order valence-electron chi connectivity index (χ0n) is 18.5. The molecular formula is C24H28FN3O4S. The third kappa shape index (κ3) is 4.52. The van der Waals surface area contributed by atoms with Gasteiger partial charge in [0.1, 0.15) is 11.4 Å². The molecule has 0 spiro atoms. The summed E-state index contributed by atoms with van der Waals surface area (Å²) in [6.45, 7) is 0.725. The molecule has 2 amide bonds. The molecule has 1 aliphatic heterocycles. The fourth-order valence-corrected chi connectivity index (χ4v) is 6.17. The van der Waals surface area contributed by atoms with E-state index in [-0.39, 0.29) is 23.2 Å². The van der Waals surface area contributed by atoms with E-state index >= 15 is 0 Å². The number of anilines is 1. The summed E-state index contributed by atoms with van der Waals surface area (Å²) in [4.78, 5) is 28.1. The maximum Gasteiger partial charge on any atom is 0.247 e. The number of halogens is 1. The number of hydrogen-bond donors (Lipinski definition) is 1. The molecule has 0 aromatic heterocycles. The second kappa shape index (κ2) is 9.23. The van der Waals surface area contributed by atoms with Crippen LogP contribution in [0.1, 0.15) is 39.0 Å².